The van der Waals surface area contributed by atoms with Crippen molar-refractivity contribution in [2.24, 2.45) is 0 Å². The van der Waals surface area contributed by atoms with Gasteiger partial charge in [-0.3, -0.25) is 0 Å². The number of rotatable bonds is 10. The fourth-order valence-corrected chi connectivity index (χ4v) is 2.14. The lowest BCUT2D eigenvalue weighted by Crippen LogP contribution is -2.22. The van der Waals surface area contributed by atoms with Crippen molar-refractivity contribution < 1.29 is 9.15 Å². The Hall–Kier alpha value is -0.520. The Morgan fingerprint density at radius 3 is 2.78 bits per heavy atom. The summed E-state index contributed by atoms with van der Waals surface area (Å²) in [5, 5.41) is 4.11. The van der Waals surface area contributed by atoms with Crippen molar-refractivity contribution in [3.63, 3.8) is 0 Å². The molecule has 104 valence electrons. The number of hydrogen-bond acceptors (Lipinski definition) is 5. The third kappa shape index (κ3) is 6.42. The van der Waals surface area contributed by atoms with Gasteiger partial charge in [0.15, 0.2) is 0 Å². The number of hydrogen-bond donors (Lipinski definition) is 1. The van der Waals surface area contributed by atoms with E-state index in [1.807, 2.05) is 13.8 Å². The van der Waals surface area contributed by atoms with Gasteiger partial charge in [0, 0.05) is 25.4 Å². The molecule has 0 aromatic carbocycles. The van der Waals surface area contributed by atoms with Crippen LogP contribution in [-0.2, 0) is 4.74 Å². The fourth-order valence-electron chi connectivity index (χ4n) is 1.33. The predicted molar refractivity (Wildman–Crippen MR) is 75.3 cm³/mol. The highest BCUT2D eigenvalue weighted by molar-refractivity contribution is 7.99. The van der Waals surface area contributed by atoms with Gasteiger partial charge in [-0.2, -0.15) is 0 Å². The molecule has 5 heteroatoms. The van der Waals surface area contributed by atoms with Gasteiger partial charge in [-0.25, -0.2) is 4.98 Å². The number of aryl methyl sites for hydroxylation is 2. The quantitative estimate of drug-likeness (QED) is 0.524. The smallest absolute Gasteiger partial charge is 0.256 e. The van der Waals surface area contributed by atoms with Gasteiger partial charge >= 0.3 is 0 Å². The maximum atomic E-state index is 5.49. The molecule has 1 aromatic rings. The SMILES string of the molecule is CCCCOCCNCCSc1nc(C)c(C)o1. The second-order valence-electron chi connectivity index (χ2n) is 4.19. The zero-order valence-corrected chi connectivity index (χ0v) is 12.4. The van der Waals surface area contributed by atoms with E-state index in [2.05, 4.69) is 17.2 Å². The van der Waals surface area contributed by atoms with Crippen LogP contribution in [0.3, 0.4) is 0 Å². The van der Waals surface area contributed by atoms with Crippen molar-refractivity contribution in [2.45, 2.75) is 38.8 Å². The monoisotopic (exact) mass is 272 g/mol. The first-order valence-corrected chi connectivity index (χ1v) is 7.58. The number of oxazole rings is 1. The Balaban J connectivity index is 1.92. The molecule has 0 bridgehead atoms. The maximum absolute atomic E-state index is 5.49. The molecule has 1 N–H and O–H groups in total. The predicted octanol–water partition coefficient (Wildman–Crippen LogP) is 2.79. The van der Waals surface area contributed by atoms with Gasteiger partial charge in [-0.1, -0.05) is 25.1 Å². The molecule has 0 amide bonds. The van der Waals surface area contributed by atoms with E-state index in [0.717, 1.165) is 55.2 Å². The van der Waals surface area contributed by atoms with Crippen molar-refractivity contribution in [1.82, 2.24) is 10.3 Å². The van der Waals surface area contributed by atoms with Gasteiger partial charge in [0.05, 0.1) is 12.3 Å². The number of nitrogens with zero attached hydrogens (tertiary/aromatic N) is 1. The van der Waals surface area contributed by atoms with E-state index in [9.17, 15) is 0 Å². The summed E-state index contributed by atoms with van der Waals surface area (Å²) in [6.45, 7) is 9.61. The first kappa shape index (κ1) is 15.5. The van der Waals surface area contributed by atoms with Crippen LogP contribution < -0.4 is 5.32 Å². The number of aromatic nitrogens is 1. The summed E-state index contributed by atoms with van der Waals surface area (Å²) in [6.07, 6.45) is 2.35. The molecule has 0 fully saturated rings. The van der Waals surface area contributed by atoms with Gasteiger partial charge in [0.2, 0.25) is 0 Å². The van der Waals surface area contributed by atoms with Crippen LogP contribution in [0.15, 0.2) is 9.64 Å². The highest BCUT2D eigenvalue weighted by Crippen LogP contribution is 2.19. The van der Waals surface area contributed by atoms with Crippen molar-refractivity contribution in [1.29, 1.82) is 0 Å². The highest BCUT2D eigenvalue weighted by Gasteiger charge is 2.04. The molecule has 0 radical (unpaired) electrons. The summed E-state index contributed by atoms with van der Waals surface area (Å²) in [4.78, 5) is 4.32. The molecule has 4 nitrogen and oxygen atoms in total. The third-order valence-corrected chi connectivity index (χ3v) is 3.41. The molecule has 0 aliphatic rings. The first-order valence-electron chi connectivity index (χ1n) is 6.59. The lowest BCUT2D eigenvalue weighted by molar-refractivity contribution is 0.133. The molecule has 1 aromatic heterocycles. The lowest BCUT2D eigenvalue weighted by Gasteiger charge is -2.04. The van der Waals surface area contributed by atoms with E-state index in [0.29, 0.717) is 0 Å². The van der Waals surface area contributed by atoms with Crippen LogP contribution in [0.2, 0.25) is 0 Å². The number of nitrogens with one attached hydrogen (secondary N) is 1. The number of thioether (sulfide) groups is 1. The molecular formula is C13H24N2O2S. The molecule has 0 atom stereocenters. The summed E-state index contributed by atoms with van der Waals surface area (Å²) in [5.74, 6) is 1.88. The largest absolute Gasteiger partial charge is 0.437 e. The summed E-state index contributed by atoms with van der Waals surface area (Å²) in [6, 6.07) is 0. The zero-order valence-electron chi connectivity index (χ0n) is 11.6. The van der Waals surface area contributed by atoms with E-state index in [1.54, 1.807) is 11.8 Å². The third-order valence-electron chi connectivity index (χ3n) is 2.58. The van der Waals surface area contributed by atoms with Crippen molar-refractivity contribution in [2.75, 3.05) is 32.1 Å². The minimum Gasteiger partial charge on any atom is -0.437 e. The number of unbranched alkanes of at least 4 members (excludes halogenated alkanes) is 1. The molecule has 18 heavy (non-hydrogen) atoms. The molecule has 0 spiro atoms. The van der Waals surface area contributed by atoms with E-state index in [4.69, 9.17) is 9.15 Å². The second kappa shape index (κ2) is 9.42. The molecule has 0 saturated carbocycles. The zero-order chi connectivity index (χ0) is 13.2. The Morgan fingerprint density at radius 1 is 1.28 bits per heavy atom. The summed E-state index contributed by atoms with van der Waals surface area (Å²) >= 11 is 1.65. The Bertz CT molecular complexity index is 309. The Labute approximate surface area is 114 Å². The van der Waals surface area contributed by atoms with Crippen molar-refractivity contribution in [3.05, 3.63) is 11.5 Å². The first-order chi connectivity index (χ1) is 8.74. The van der Waals surface area contributed by atoms with E-state index in [1.165, 1.54) is 6.42 Å². The second-order valence-corrected chi connectivity index (χ2v) is 5.23. The molecule has 0 unspecified atom stereocenters. The molecule has 0 aliphatic carbocycles. The van der Waals surface area contributed by atoms with Gasteiger partial charge in [0.25, 0.3) is 5.22 Å². The molecule has 1 rings (SSSR count). The summed E-state index contributed by atoms with van der Waals surface area (Å²) in [5.41, 5.74) is 0.981. The average molecular weight is 272 g/mol. The maximum Gasteiger partial charge on any atom is 0.256 e. The normalized spacial score (nSPS) is 11.1. The van der Waals surface area contributed by atoms with Crippen LogP contribution in [0.5, 0.6) is 0 Å². The van der Waals surface area contributed by atoms with Crippen LogP contribution in [0, 0.1) is 13.8 Å². The fraction of sp³-hybridized carbons (Fsp3) is 0.769. The van der Waals surface area contributed by atoms with E-state index in [-0.39, 0.29) is 0 Å². The van der Waals surface area contributed by atoms with Gasteiger partial charge < -0.3 is 14.5 Å². The van der Waals surface area contributed by atoms with Crippen molar-refractivity contribution >= 4 is 11.8 Å². The Morgan fingerprint density at radius 2 is 2.11 bits per heavy atom. The Kier molecular flexibility index (Phi) is 8.13. The van der Waals surface area contributed by atoms with Crippen LogP contribution in [-0.4, -0.2) is 37.0 Å². The topological polar surface area (TPSA) is 47.3 Å². The summed E-state index contributed by atoms with van der Waals surface area (Å²) < 4.78 is 10.9. The van der Waals surface area contributed by atoms with Crippen LogP contribution >= 0.6 is 11.8 Å². The van der Waals surface area contributed by atoms with E-state index >= 15 is 0 Å². The van der Waals surface area contributed by atoms with Gasteiger partial charge in [-0.05, 0) is 20.3 Å². The minimum atomic E-state index is 0.769. The molecular weight excluding hydrogens is 248 g/mol. The highest BCUT2D eigenvalue weighted by atomic mass is 32.2. The van der Waals surface area contributed by atoms with E-state index < -0.39 is 0 Å². The van der Waals surface area contributed by atoms with Crippen molar-refractivity contribution in [3.8, 4) is 0 Å². The minimum absolute atomic E-state index is 0.769. The van der Waals surface area contributed by atoms with Gasteiger partial charge in [-0.15, -0.1) is 0 Å². The lowest BCUT2D eigenvalue weighted by atomic mass is 10.4. The molecule has 0 aliphatic heterocycles. The van der Waals surface area contributed by atoms with Crippen LogP contribution in [0.4, 0.5) is 0 Å². The average Bonchev–Trinajstić information content (AvgIpc) is 2.67. The van der Waals surface area contributed by atoms with Crippen LogP contribution in [0.25, 0.3) is 0 Å². The molecule has 0 saturated heterocycles. The molecule has 1 heterocycles. The standard InChI is InChI=1S/C13H24N2O2S/c1-4-5-8-16-9-6-14-7-10-18-13-15-11(2)12(3)17-13/h14H,4-10H2,1-3H3. The number of ether oxygens (including phenoxy) is 1. The summed E-state index contributed by atoms with van der Waals surface area (Å²) in [7, 11) is 0. The van der Waals surface area contributed by atoms with Crippen LogP contribution in [0.1, 0.15) is 31.2 Å². The van der Waals surface area contributed by atoms with Gasteiger partial charge in [0.1, 0.15) is 5.76 Å².